The van der Waals surface area contributed by atoms with Gasteiger partial charge in [-0.1, -0.05) is 31.4 Å². The molecule has 4 rings (SSSR count). The van der Waals surface area contributed by atoms with Crippen LogP contribution in [0.25, 0.3) is 0 Å². The van der Waals surface area contributed by atoms with E-state index in [1.807, 2.05) is 11.0 Å². The predicted molar refractivity (Wildman–Crippen MR) is 110 cm³/mol. The summed E-state index contributed by atoms with van der Waals surface area (Å²) in [5.74, 6) is 0.216. The summed E-state index contributed by atoms with van der Waals surface area (Å²) in [6, 6.07) is 9.61. The molecule has 0 N–H and O–H groups in total. The van der Waals surface area contributed by atoms with Crippen LogP contribution in [-0.4, -0.2) is 65.4 Å². The summed E-state index contributed by atoms with van der Waals surface area (Å²) in [6.07, 6.45) is 9.32. The van der Waals surface area contributed by atoms with Crippen molar-refractivity contribution in [2.75, 3.05) is 32.7 Å². The monoisotopic (exact) mass is 369 g/mol. The van der Waals surface area contributed by atoms with Gasteiger partial charge in [0.2, 0.25) is 0 Å². The molecule has 3 aliphatic rings. The molecule has 0 saturated carbocycles. The second-order valence-corrected chi connectivity index (χ2v) is 8.84. The fourth-order valence-electron chi connectivity index (χ4n) is 5.03. The molecule has 3 saturated heterocycles. The number of benzene rings is 1. The van der Waals surface area contributed by atoms with Crippen molar-refractivity contribution in [1.29, 1.82) is 0 Å². The molecule has 1 amide bonds. The Balaban J connectivity index is 1.33. The normalized spacial score (nSPS) is 25.8. The molecule has 4 nitrogen and oxygen atoms in total. The summed E-state index contributed by atoms with van der Waals surface area (Å²) >= 11 is 0. The van der Waals surface area contributed by atoms with Crippen molar-refractivity contribution in [3.63, 3.8) is 0 Å². The molecule has 27 heavy (non-hydrogen) atoms. The van der Waals surface area contributed by atoms with Crippen LogP contribution in [0.2, 0.25) is 0 Å². The largest absolute Gasteiger partial charge is 0.335 e. The summed E-state index contributed by atoms with van der Waals surface area (Å²) in [7, 11) is 0. The lowest BCUT2D eigenvalue weighted by Gasteiger charge is -2.49. The van der Waals surface area contributed by atoms with Crippen molar-refractivity contribution in [2.45, 2.75) is 70.5 Å². The number of likely N-dealkylation sites (tertiary alicyclic amines) is 3. The lowest BCUT2D eigenvalue weighted by Crippen LogP contribution is -2.63. The lowest BCUT2D eigenvalue weighted by atomic mass is 9.97. The van der Waals surface area contributed by atoms with Crippen LogP contribution in [0.3, 0.4) is 0 Å². The number of carbonyl (C=O) groups is 1. The number of hydrogen-bond donors (Lipinski definition) is 0. The zero-order valence-corrected chi connectivity index (χ0v) is 16.9. The molecule has 0 aliphatic carbocycles. The van der Waals surface area contributed by atoms with E-state index >= 15 is 0 Å². The fraction of sp³-hybridized carbons (Fsp3) is 0.696. The van der Waals surface area contributed by atoms with Gasteiger partial charge in [-0.15, -0.1) is 0 Å². The van der Waals surface area contributed by atoms with Crippen molar-refractivity contribution in [3.8, 4) is 0 Å². The number of nitrogens with zero attached hydrogens (tertiary/aromatic N) is 3. The minimum Gasteiger partial charge on any atom is -0.335 e. The van der Waals surface area contributed by atoms with Crippen LogP contribution in [0.1, 0.15) is 67.8 Å². The van der Waals surface area contributed by atoms with Crippen molar-refractivity contribution in [1.82, 2.24) is 14.7 Å². The predicted octanol–water partition coefficient (Wildman–Crippen LogP) is 3.76. The highest BCUT2D eigenvalue weighted by molar-refractivity contribution is 5.95. The maximum atomic E-state index is 12.9. The van der Waals surface area contributed by atoms with Gasteiger partial charge in [0.25, 0.3) is 5.91 Å². The molecule has 148 valence electrons. The zero-order chi connectivity index (χ0) is 18.6. The fourth-order valence-corrected chi connectivity index (χ4v) is 5.03. The highest BCUT2D eigenvalue weighted by atomic mass is 16.2. The first-order valence-electron chi connectivity index (χ1n) is 11.1. The highest BCUT2D eigenvalue weighted by Gasteiger charge is 2.37. The SMILES string of the molecule is CC1CCCCN1C1CN(C(=O)c2cccc(CN3CCCCCC3)c2)C1. The Kier molecular flexibility index (Phi) is 6.14. The van der Waals surface area contributed by atoms with Crippen LogP contribution < -0.4 is 0 Å². The average Bonchev–Trinajstić information content (AvgIpc) is 2.91. The first-order chi connectivity index (χ1) is 13.2. The van der Waals surface area contributed by atoms with Crippen LogP contribution >= 0.6 is 0 Å². The van der Waals surface area contributed by atoms with Gasteiger partial charge >= 0.3 is 0 Å². The van der Waals surface area contributed by atoms with E-state index in [4.69, 9.17) is 0 Å². The minimum absolute atomic E-state index is 0.216. The molecular formula is C23H35N3O. The second kappa shape index (κ2) is 8.74. The van der Waals surface area contributed by atoms with Crippen LogP contribution in [0.15, 0.2) is 24.3 Å². The van der Waals surface area contributed by atoms with Crippen molar-refractivity contribution in [3.05, 3.63) is 35.4 Å². The molecule has 0 aromatic heterocycles. The zero-order valence-electron chi connectivity index (χ0n) is 16.9. The molecule has 1 unspecified atom stereocenters. The maximum absolute atomic E-state index is 12.9. The van der Waals surface area contributed by atoms with Gasteiger partial charge in [0, 0.05) is 37.3 Å². The number of amides is 1. The molecule has 0 spiro atoms. The van der Waals surface area contributed by atoms with Crippen molar-refractivity contribution < 1.29 is 4.79 Å². The molecule has 0 radical (unpaired) electrons. The van der Waals surface area contributed by atoms with E-state index in [0.29, 0.717) is 12.1 Å². The summed E-state index contributed by atoms with van der Waals surface area (Å²) in [5.41, 5.74) is 2.15. The standard InChI is InChI=1S/C23H35N3O/c1-19-9-4-7-14-26(19)22-17-25(18-22)23(27)21-11-8-10-20(15-21)16-24-12-5-2-3-6-13-24/h8,10-11,15,19,22H,2-7,9,12-14,16-18H2,1H3. The van der Waals surface area contributed by atoms with Gasteiger partial charge in [-0.3, -0.25) is 14.6 Å². The van der Waals surface area contributed by atoms with Crippen LogP contribution in [0.4, 0.5) is 0 Å². The Morgan fingerprint density at radius 1 is 1.00 bits per heavy atom. The number of piperidine rings is 1. The molecule has 1 atom stereocenters. The van der Waals surface area contributed by atoms with Crippen LogP contribution in [0.5, 0.6) is 0 Å². The van der Waals surface area contributed by atoms with E-state index in [1.165, 1.54) is 70.1 Å². The van der Waals surface area contributed by atoms with Crippen LogP contribution in [-0.2, 0) is 6.54 Å². The summed E-state index contributed by atoms with van der Waals surface area (Å²) < 4.78 is 0. The molecule has 3 fully saturated rings. The first kappa shape index (κ1) is 18.9. The van der Waals surface area contributed by atoms with Gasteiger partial charge in [-0.05, 0) is 69.9 Å². The number of carbonyl (C=O) groups excluding carboxylic acids is 1. The lowest BCUT2D eigenvalue weighted by molar-refractivity contribution is 0.00212. The second-order valence-electron chi connectivity index (χ2n) is 8.84. The van der Waals surface area contributed by atoms with Crippen molar-refractivity contribution in [2.24, 2.45) is 0 Å². The first-order valence-corrected chi connectivity index (χ1v) is 11.1. The van der Waals surface area contributed by atoms with Gasteiger partial charge in [-0.2, -0.15) is 0 Å². The van der Waals surface area contributed by atoms with E-state index in [0.717, 1.165) is 25.2 Å². The molecule has 3 heterocycles. The smallest absolute Gasteiger partial charge is 0.253 e. The number of rotatable bonds is 4. The third-order valence-electron chi connectivity index (χ3n) is 6.75. The molecule has 1 aromatic carbocycles. The highest BCUT2D eigenvalue weighted by Crippen LogP contribution is 2.25. The minimum atomic E-state index is 0.216. The Hall–Kier alpha value is -1.39. The summed E-state index contributed by atoms with van der Waals surface area (Å²) in [5, 5.41) is 0. The van der Waals surface area contributed by atoms with Gasteiger partial charge in [-0.25, -0.2) is 0 Å². The van der Waals surface area contributed by atoms with Gasteiger partial charge in [0.1, 0.15) is 0 Å². The molecule has 1 aromatic rings. The third-order valence-corrected chi connectivity index (χ3v) is 6.75. The number of hydrogen-bond acceptors (Lipinski definition) is 3. The van der Waals surface area contributed by atoms with Crippen molar-refractivity contribution >= 4 is 5.91 Å². The van der Waals surface area contributed by atoms with Gasteiger partial charge < -0.3 is 4.90 Å². The molecular weight excluding hydrogens is 334 g/mol. The van der Waals surface area contributed by atoms with E-state index < -0.39 is 0 Å². The van der Waals surface area contributed by atoms with E-state index in [-0.39, 0.29) is 5.91 Å². The Bertz CT molecular complexity index is 632. The topological polar surface area (TPSA) is 26.8 Å². The summed E-state index contributed by atoms with van der Waals surface area (Å²) in [4.78, 5) is 20.1. The quantitative estimate of drug-likeness (QED) is 0.808. The Morgan fingerprint density at radius 3 is 2.48 bits per heavy atom. The van der Waals surface area contributed by atoms with E-state index in [9.17, 15) is 4.79 Å². The third kappa shape index (κ3) is 4.55. The maximum Gasteiger partial charge on any atom is 0.253 e. The summed E-state index contributed by atoms with van der Waals surface area (Å²) in [6.45, 7) is 8.73. The van der Waals surface area contributed by atoms with Gasteiger partial charge in [0.15, 0.2) is 0 Å². The van der Waals surface area contributed by atoms with E-state index in [1.54, 1.807) is 0 Å². The van der Waals surface area contributed by atoms with E-state index in [2.05, 4.69) is 34.9 Å². The molecule has 3 aliphatic heterocycles. The average molecular weight is 370 g/mol. The van der Waals surface area contributed by atoms with Gasteiger partial charge in [0.05, 0.1) is 0 Å². The Morgan fingerprint density at radius 2 is 1.74 bits per heavy atom. The Labute approximate surface area is 164 Å². The van der Waals surface area contributed by atoms with Crippen LogP contribution in [0, 0.1) is 0 Å². The molecule has 4 heteroatoms. The molecule has 0 bridgehead atoms.